The number of hydrogen-bond donors (Lipinski definition) is 0. The summed E-state index contributed by atoms with van der Waals surface area (Å²) in [5.74, 6) is 2.09. The van der Waals surface area contributed by atoms with Crippen LogP contribution in [0.15, 0.2) is 41.7 Å². The van der Waals surface area contributed by atoms with Crippen LogP contribution in [-0.2, 0) is 6.42 Å². The number of rotatable bonds is 7. The number of pyridine rings is 1. The number of nitrogens with zero attached hydrogens (tertiary/aromatic N) is 7. The maximum Gasteiger partial charge on any atom is 0.228 e. The molecule has 200 valence electrons. The van der Waals surface area contributed by atoms with E-state index in [1.807, 2.05) is 12.3 Å². The fourth-order valence-electron chi connectivity index (χ4n) is 5.49. The molecule has 2 aliphatic heterocycles. The summed E-state index contributed by atoms with van der Waals surface area (Å²) >= 11 is 6.12. The highest BCUT2D eigenvalue weighted by molar-refractivity contribution is 6.31. The van der Waals surface area contributed by atoms with Crippen molar-refractivity contribution in [1.29, 1.82) is 0 Å². The van der Waals surface area contributed by atoms with Crippen LogP contribution in [0.4, 0.5) is 22.0 Å². The van der Waals surface area contributed by atoms with Gasteiger partial charge in [-0.15, -0.1) is 0 Å². The van der Waals surface area contributed by atoms with Crippen LogP contribution in [0.1, 0.15) is 37.8 Å². The number of aryl methyl sites for hydroxylation is 1. The van der Waals surface area contributed by atoms with E-state index in [0.29, 0.717) is 18.4 Å². The summed E-state index contributed by atoms with van der Waals surface area (Å²) in [5, 5.41) is 3.04. The minimum atomic E-state index is -0.444. The van der Waals surface area contributed by atoms with Crippen LogP contribution in [-0.4, -0.2) is 59.8 Å². The molecular formula is C28H33ClFN7O. The summed E-state index contributed by atoms with van der Waals surface area (Å²) in [4.78, 5) is 32.0. The zero-order chi connectivity index (χ0) is 26.8. The van der Waals surface area contributed by atoms with Gasteiger partial charge in [0.1, 0.15) is 17.5 Å². The van der Waals surface area contributed by atoms with Crippen LogP contribution >= 0.6 is 11.6 Å². The number of nitroso groups, excluding NO2 is 1. The number of piperazine rings is 1. The van der Waals surface area contributed by atoms with Gasteiger partial charge in [-0.1, -0.05) is 22.8 Å². The average Bonchev–Trinajstić information content (AvgIpc) is 3.34. The SMILES string of the molecule is Cc1cc(CCN=O)cnc1N1CCN(c2cc(-c3ccc(F)c(Cl)c3)nc(N3CCCC3C)n2)C(C)C1. The summed E-state index contributed by atoms with van der Waals surface area (Å²) in [7, 11) is 0. The van der Waals surface area contributed by atoms with Crippen molar-refractivity contribution in [2.45, 2.75) is 52.1 Å². The maximum absolute atomic E-state index is 13.9. The van der Waals surface area contributed by atoms with Gasteiger partial charge in [-0.25, -0.2) is 14.4 Å². The molecule has 2 unspecified atom stereocenters. The van der Waals surface area contributed by atoms with Crippen LogP contribution in [0, 0.1) is 17.6 Å². The van der Waals surface area contributed by atoms with Gasteiger partial charge in [0.25, 0.3) is 0 Å². The zero-order valence-corrected chi connectivity index (χ0v) is 22.8. The molecule has 1 aromatic carbocycles. The molecule has 4 heterocycles. The Morgan fingerprint density at radius 3 is 2.61 bits per heavy atom. The molecule has 2 aliphatic rings. The Morgan fingerprint density at radius 1 is 1.08 bits per heavy atom. The van der Waals surface area contributed by atoms with Gasteiger partial charge in [-0.3, -0.25) is 0 Å². The highest BCUT2D eigenvalue weighted by atomic mass is 35.5. The Balaban J connectivity index is 1.42. The van der Waals surface area contributed by atoms with Gasteiger partial charge in [-0.2, -0.15) is 9.89 Å². The van der Waals surface area contributed by atoms with Crippen LogP contribution < -0.4 is 14.7 Å². The van der Waals surface area contributed by atoms with Crippen LogP contribution in [0.5, 0.6) is 0 Å². The maximum atomic E-state index is 13.9. The molecule has 38 heavy (non-hydrogen) atoms. The molecule has 0 aliphatic carbocycles. The van der Waals surface area contributed by atoms with Crippen LogP contribution in [0.3, 0.4) is 0 Å². The fourth-order valence-corrected chi connectivity index (χ4v) is 5.67. The van der Waals surface area contributed by atoms with Gasteiger partial charge < -0.3 is 14.7 Å². The topological polar surface area (TPSA) is 77.8 Å². The fraction of sp³-hybridized carbons (Fsp3) is 0.464. The van der Waals surface area contributed by atoms with Gasteiger partial charge >= 0.3 is 0 Å². The second-order valence-electron chi connectivity index (χ2n) is 10.3. The second-order valence-corrected chi connectivity index (χ2v) is 10.7. The predicted octanol–water partition coefficient (Wildman–Crippen LogP) is 5.65. The van der Waals surface area contributed by atoms with Gasteiger partial charge in [0.05, 0.1) is 17.3 Å². The van der Waals surface area contributed by atoms with E-state index in [9.17, 15) is 9.30 Å². The lowest BCUT2D eigenvalue weighted by Crippen LogP contribution is -2.53. The quantitative estimate of drug-likeness (QED) is 0.360. The zero-order valence-electron chi connectivity index (χ0n) is 22.1. The molecule has 0 radical (unpaired) electrons. The first-order chi connectivity index (χ1) is 18.3. The third kappa shape index (κ3) is 5.43. The number of benzene rings is 1. The summed E-state index contributed by atoms with van der Waals surface area (Å²) in [5.41, 5.74) is 3.62. The molecule has 2 atom stereocenters. The Hall–Kier alpha value is -3.33. The first kappa shape index (κ1) is 26.3. The molecule has 3 aromatic rings. The van der Waals surface area contributed by atoms with Crippen molar-refractivity contribution in [2.75, 3.05) is 47.4 Å². The summed E-state index contributed by atoms with van der Waals surface area (Å²) in [6.45, 7) is 10.0. The lowest BCUT2D eigenvalue weighted by atomic mass is 10.1. The van der Waals surface area contributed by atoms with Crippen LogP contribution in [0.25, 0.3) is 11.3 Å². The number of aromatic nitrogens is 3. The molecule has 0 spiro atoms. The molecule has 0 saturated carbocycles. The van der Waals surface area contributed by atoms with Crippen molar-refractivity contribution in [3.8, 4) is 11.3 Å². The lowest BCUT2D eigenvalue weighted by molar-refractivity contribution is 0.541. The Morgan fingerprint density at radius 2 is 1.92 bits per heavy atom. The van der Waals surface area contributed by atoms with E-state index < -0.39 is 5.82 Å². The Bertz CT molecular complexity index is 1320. The summed E-state index contributed by atoms with van der Waals surface area (Å²) < 4.78 is 13.9. The van der Waals surface area contributed by atoms with Gasteiger partial charge in [0, 0.05) is 56.1 Å². The first-order valence-electron chi connectivity index (χ1n) is 13.2. The van der Waals surface area contributed by atoms with E-state index in [1.54, 1.807) is 12.1 Å². The van der Waals surface area contributed by atoms with Crippen molar-refractivity contribution in [3.05, 3.63) is 63.4 Å². The Kier molecular flexibility index (Phi) is 7.74. The standard InChI is InChI=1S/C28H33ClFN7O/c1-18-13-21(8-9-32-38)16-31-27(18)35-11-12-36(20(3)17-35)26-15-25(22-6-7-24(30)23(29)14-22)33-28(34-26)37-10-4-5-19(37)2/h6-7,13-16,19-20H,4-5,8-12,17H2,1-3H3. The minimum absolute atomic E-state index is 0.0806. The third-order valence-electron chi connectivity index (χ3n) is 7.55. The summed E-state index contributed by atoms with van der Waals surface area (Å²) in [6.07, 6.45) is 4.67. The average molecular weight is 538 g/mol. The largest absolute Gasteiger partial charge is 0.353 e. The summed E-state index contributed by atoms with van der Waals surface area (Å²) in [6, 6.07) is 9.35. The van der Waals surface area contributed by atoms with Crippen molar-refractivity contribution in [1.82, 2.24) is 15.0 Å². The van der Waals surface area contributed by atoms with Crippen molar-refractivity contribution < 1.29 is 4.39 Å². The highest BCUT2D eigenvalue weighted by Crippen LogP contribution is 2.32. The van der Waals surface area contributed by atoms with Gasteiger partial charge in [-0.05, 0) is 69.4 Å². The van der Waals surface area contributed by atoms with E-state index in [1.165, 1.54) is 6.07 Å². The van der Waals surface area contributed by atoms with Gasteiger partial charge in [0.2, 0.25) is 5.95 Å². The molecule has 10 heteroatoms. The monoisotopic (exact) mass is 537 g/mol. The smallest absolute Gasteiger partial charge is 0.228 e. The molecule has 2 saturated heterocycles. The molecule has 5 rings (SSSR count). The minimum Gasteiger partial charge on any atom is -0.353 e. The van der Waals surface area contributed by atoms with E-state index in [4.69, 9.17) is 26.6 Å². The van der Waals surface area contributed by atoms with E-state index in [0.717, 1.165) is 73.0 Å². The van der Waals surface area contributed by atoms with Crippen molar-refractivity contribution >= 4 is 29.2 Å². The van der Waals surface area contributed by atoms with E-state index in [2.05, 4.69) is 46.7 Å². The molecule has 2 aromatic heterocycles. The molecule has 0 N–H and O–H groups in total. The van der Waals surface area contributed by atoms with E-state index >= 15 is 0 Å². The highest BCUT2D eigenvalue weighted by Gasteiger charge is 2.29. The molecule has 0 bridgehead atoms. The number of halogens is 2. The Labute approximate surface area is 227 Å². The van der Waals surface area contributed by atoms with Gasteiger partial charge in [0.15, 0.2) is 0 Å². The predicted molar refractivity (Wildman–Crippen MR) is 151 cm³/mol. The van der Waals surface area contributed by atoms with Crippen molar-refractivity contribution in [2.24, 2.45) is 5.18 Å². The normalized spacial score (nSPS) is 19.8. The molecule has 2 fully saturated rings. The van der Waals surface area contributed by atoms with E-state index in [-0.39, 0.29) is 17.6 Å². The van der Waals surface area contributed by atoms with Crippen molar-refractivity contribution in [3.63, 3.8) is 0 Å². The number of anilines is 3. The lowest BCUT2D eigenvalue weighted by Gasteiger charge is -2.41. The molecular weight excluding hydrogens is 505 g/mol. The van der Waals surface area contributed by atoms with Crippen LogP contribution in [0.2, 0.25) is 5.02 Å². The first-order valence-corrected chi connectivity index (χ1v) is 13.6. The third-order valence-corrected chi connectivity index (χ3v) is 7.84. The second kappa shape index (κ2) is 11.2. The molecule has 0 amide bonds. The number of hydrogen-bond acceptors (Lipinski definition) is 8. The molecule has 8 nitrogen and oxygen atoms in total.